The molecule has 4 fully saturated rings. The van der Waals surface area contributed by atoms with Crippen LogP contribution in [0.25, 0.3) is 0 Å². The van der Waals surface area contributed by atoms with E-state index < -0.39 is 11.8 Å². The minimum absolute atomic E-state index is 0.00265. The molecule has 2 aromatic carbocycles. The van der Waals surface area contributed by atoms with E-state index in [2.05, 4.69) is 0 Å². The van der Waals surface area contributed by atoms with Crippen LogP contribution in [0.5, 0.6) is 5.75 Å². The number of ether oxygens (including phenoxy) is 2. The molecule has 12 heteroatoms. The summed E-state index contributed by atoms with van der Waals surface area (Å²) >= 11 is 8.94. The van der Waals surface area contributed by atoms with Crippen molar-refractivity contribution in [3.63, 3.8) is 0 Å². The normalized spacial score (nSPS) is 30.4. The molecular formula is C32H30ClN3O6S2. The van der Waals surface area contributed by atoms with Crippen LogP contribution < -0.4 is 14.5 Å². The lowest BCUT2D eigenvalue weighted by atomic mass is 9.68. The molecule has 7 atom stereocenters. The molecule has 3 aromatic rings. The van der Waals surface area contributed by atoms with Gasteiger partial charge in [0.05, 0.1) is 42.9 Å². The van der Waals surface area contributed by atoms with Gasteiger partial charge in [-0.3, -0.25) is 28.6 Å². The van der Waals surface area contributed by atoms with Crippen LogP contribution in [0, 0.1) is 29.6 Å². The zero-order valence-electron chi connectivity index (χ0n) is 23.9. The predicted molar refractivity (Wildman–Crippen MR) is 166 cm³/mol. The summed E-state index contributed by atoms with van der Waals surface area (Å²) < 4.78 is 12.5. The molecular weight excluding hydrogens is 622 g/mol. The number of anilines is 1. The maximum atomic E-state index is 14.0. The van der Waals surface area contributed by atoms with Crippen LogP contribution in [0.4, 0.5) is 5.69 Å². The standard InChI is InChI=1S/C32H30ClN3O6S2/c1-41-19-8-2-16(3-9-19)23-24-20-14-21(26-25(20)29(38)36(30(26)39)18-6-4-17(33)5-7-18)27(24)43-31-28(23)44-32(40)35(31)15-22(37)34-10-12-42-13-11-34/h2-9,20-21,23-27H,10-15H2,1H3. The number of thioether (sulfide) groups is 1. The minimum atomic E-state index is -0.399. The summed E-state index contributed by atoms with van der Waals surface area (Å²) in [6.07, 6.45) is 0.794. The van der Waals surface area contributed by atoms with Gasteiger partial charge in [0.25, 0.3) is 0 Å². The van der Waals surface area contributed by atoms with E-state index in [-0.39, 0.29) is 58.1 Å². The molecule has 4 heterocycles. The number of carbonyl (C=O) groups is 3. The van der Waals surface area contributed by atoms with E-state index in [0.29, 0.717) is 37.0 Å². The number of benzene rings is 2. The Kier molecular flexibility index (Phi) is 6.93. The van der Waals surface area contributed by atoms with Gasteiger partial charge in [0, 0.05) is 34.2 Å². The maximum Gasteiger partial charge on any atom is 0.308 e. The number of aromatic nitrogens is 1. The molecule has 2 aliphatic carbocycles. The third-order valence-electron chi connectivity index (χ3n) is 10.2. The molecule has 9 nitrogen and oxygen atoms in total. The quantitative estimate of drug-likeness (QED) is 0.383. The Bertz CT molecular complexity index is 1720. The van der Waals surface area contributed by atoms with Gasteiger partial charge in [0.2, 0.25) is 17.7 Å². The van der Waals surface area contributed by atoms with Crippen LogP contribution in [-0.2, 0) is 25.7 Å². The molecule has 7 unspecified atom stereocenters. The molecule has 44 heavy (non-hydrogen) atoms. The highest BCUT2D eigenvalue weighted by molar-refractivity contribution is 8.00. The monoisotopic (exact) mass is 651 g/mol. The van der Waals surface area contributed by atoms with E-state index >= 15 is 0 Å². The second-order valence-corrected chi connectivity index (χ2v) is 14.7. The Morgan fingerprint density at radius 1 is 0.977 bits per heavy atom. The fourth-order valence-corrected chi connectivity index (χ4v) is 11.6. The molecule has 0 spiro atoms. The number of imide groups is 1. The fraction of sp³-hybridized carbons (Fsp3) is 0.438. The van der Waals surface area contributed by atoms with Crippen molar-refractivity contribution in [1.82, 2.24) is 9.47 Å². The lowest BCUT2D eigenvalue weighted by Crippen LogP contribution is -2.44. The van der Waals surface area contributed by atoms with Crippen LogP contribution >= 0.6 is 34.7 Å². The van der Waals surface area contributed by atoms with Crippen molar-refractivity contribution >= 4 is 58.1 Å². The van der Waals surface area contributed by atoms with Crippen LogP contribution in [0.2, 0.25) is 5.02 Å². The van der Waals surface area contributed by atoms with Gasteiger partial charge in [-0.2, -0.15) is 0 Å². The molecule has 0 radical (unpaired) electrons. The molecule has 2 bridgehead atoms. The van der Waals surface area contributed by atoms with Crippen molar-refractivity contribution in [2.75, 3.05) is 38.3 Å². The second-order valence-electron chi connectivity index (χ2n) is 12.1. The number of methoxy groups -OCH3 is 1. The van der Waals surface area contributed by atoms with Gasteiger partial charge in [0.1, 0.15) is 12.3 Å². The van der Waals surface area contributed by atoms with E-state index in [1.54, 1.807) is 52.6 Å². The number of rotatable bonds is 5. The van der Waals surface area contributed by atoms with Crippen LogP contribution in [0.1, 0.15) is 22.8 Å². The van der Waals surface area contributed by atoms with Crippen molar-refractivity contribution < 1.29 is 23.9 Å². The Morgan fingerprint density at radius 2 is 1.66 bits per heavy atom. The summed E-state index contributed by atoms with van der Waals surface area (Å²) in [5, 5.41) is 1.39. The van der Waals surface area contributed by atoms with Crippen LogP contribution in [0.3, 0.4) is 0 Å². The second kappa shape index (κ2) is 10.8. The number of hydrogen-bond donors (Lipinski definition) is 0. The number of carbonyl (C=O) groups excluding carboxylic acids is 3. The van der Waals surface area contributed by atoms with Gasteiger partial charge < -0.3 is 14.4 Å². The Balaban J connectivity index is 1.19. The molecule has 5 aliphatic rings. The van der Waals surface area contributed by atoms with Crippen molar-refractivity contribution in [3.05, 3.63) is 73.7 Å². The van der Waals surface area contributed by atoms with Gasteiger partial charge in [-0.25, -0.2) is 0 Å². The summed E-state index contributed by atoms with van der Waals surface area (Å²) in [5.41, 5.74) is 1.60. The van der Waals surface area contributed by atoms with Crippen molar-refractivity contribution in [3.8, 4) is 5.75 Å². The highest BCUT2D eigenvalue weighted by atomic mass is 35.5. The number of morpholine rings is 1. The molecule has 3 amide bonds. The first-order valence-corrected chi connectivity index (χ1v) is 17.0. The molecule has 3 aliphatic heterocycles. The fourth-order valence-electron chi connectivity index (χ4n) is 8.33. The first-order chi connectivity index (χ1) is 21.4. The smallest absolute Gasteiger partial charge is 0.308 e. The number of nitrogens with zero attached hydrogens (tertiary/aromatic N) is 3. The summed E-state index contributed by atoms with van der Waals surface area (Å²) in [7, 11) is 1.63. The summed E-state index contributed by atoms with van der Waals surface area (Å²) in [4.78, 5) is 58.7. The lowest BCUT2D eigenvalue weighted by Gasteiger charge is -2.43. The highest BCUT2D eigenvalue weighted by Crippen LogP contribution is 2.69. The van der Waals surface area contributed by atoms with E-state index in [4.69, 9.17) is 21.1 Å². The number of thiazole rings is 1. The van der Waals surface area contributed by atoms with E-state index in [1.807, 2.05) is 24.3 Å². The number of fused-ring (bicyclic) bond motifs is 9. The average Bonchev–Trinajstić information content (AvgIpc) is 3.77. The van der Waals surface area contributed by atoms with Gasteiger partial charge >= 0.3 is 4.87 Å². The van der Waals surface area contributed by atoms with Gasteiger partial charge in [-0.1, -0.05) is 35.1 Å². The zero-order valence-corrected chi connectivity index (χ0v) is 26.3. The summed E-state index contributed by atoms with van der Waals surface area (Å²) in [6.45, 7) is 1.99. The van der Waals surface area contributed by atoms with E-state index in [0.717, 1.165) is 27.6 Å². The van der Waals surface area contributed by atoms with Gasteiger partial charge in [-0.15, -0.1) is 11.8 Å². The third kappa shape index (κ3) is 4.23. The number of amides is 3. The molecule has 228 valence electrons. The maximum absolute atomic E-state index is 14.0. The molecule has 2 saturated heterocycles. The van der Waals surface area contributed by atoms with E-state index in [1.165, 1.54) is 16.2 Å². The molecule has 2 saturated carbocycles. The highest BCUT2D eigenvalue weighted by Gasteiger charge is 2.69. The van der Waals surface area contributed by atoms with Gasteiger partial charge in [0.15, 0.2) is 0 Å². The van der Waals surface area contributed by atoms with Gasteiger partial charge in [-0.05, 0) is 66.1 Å². The Morgan fingerprint density at radius 3 is 2.34 bits per heavy atom. The predicted octanol–water partition coefficient (Wildman–Crippen LogP) is 4.11. The number of halogens is 1. The summed E-state index contributed by atoms with van der Waals surface area (Å²) in [5.74, 6) is -0.525. The zero-order chi connectivity index (χ0) is 30.3. The summed E-state index contributed by atoms with van der Waals surface area (Å²) in [6, 6.07) is 14.8. The topological polar surface area (TPSA) is 98.2 Å². The van der Waals surface area contributed by atoms with Crippen LogP contribution in [-0.4, -0.2) is 65.9 Å². The SMILES string of the molecule is COc1ccc(C2c3sc(=O)n(CC(=O)N4CCOCC4)c3SC3C4CC(C5C(=O)N(c6ccc(Cl)cc6)C(=O)C45)C23)cc1. The lowest BCUT2D eigenvalue weighted by molar-refractivity contribution is -0.136. The van der Waals surface area contributed by atoms with E-state index in [9.17, 15) is 19.2 Å². The number of hydrogen-bond acceptors (Lipinski definition) is 8. The third-order valence-corrected chi connectivity index (χ3v) is 13.2. The van der Waals surface area contributed by atoms with Crippen molar-refractivity contribution in [2.45, 2.75) is 29.2 Å². The minimum Gasteiger partial charge on any atom is -0.497 e. The first kappa shape index (κ1) is 28.4. The Labute approximate surface area is 267 Å². The molecule has 8 rings (SSSR count). The van der Waals surface area contributed by atoms with Crippen molar-refractivity contribution in [2.24, 2.45) is 29.6 Å². The average molecular weight is 652 g/mol. The molecule has 0 N–H and O–H groups in total. The van der Waals surface area contributed by atoms with Crippen LogP contribution in [0.15, 0.2) is 58.4 Å². The van der Waals surface area contributed by atoms with Crippen molar-refractivity contribution in [1.29, 1.82) is 0 Å². The largest absolute Gasteiger partial charge is 0.497 e. The molecule has 1 aromatic heterocycles. The first-order valence-electron chi connectivity index (χ1n) is 14.9. The Hall–Kier alpha value is -3.12.